The molecule has 1 aliphatic rings. The lowest BCUT2D eigenvalue weighted by Gasteiger charge is -2.29. The number of hydrogen-bond donors (Lipinski definition) is 0. The number of nitrogens with zero attached hydrogens (tertiary/aromatic N) is 2. The number of piperidine rings is 1. The first-order valence-electron chi connectivity index (χ1n) is 5.22. The van der Waals surface area contributed by atoms with Gasteiger partial charge in [0.15, 0.2) is 0 Å². The molecule has 0 bridgehead atoms. The lowest BCUT2D eigenvalue weighted by molar-refractivity contribution is 0.0724. The summed E-state index contributed by atoms with van der Waals surface area (Å²) in [5.41, 5.74) is 0.464. The molecule has 5 heteroatoms. The molecule has 1 amide bonds. The minimum atomic E-state index is -0.0131. The first-order valence-corrected chi connectivity index (χ1v) is 6.51. The van der Waals surface area contributed by atoms with E-state index in [4.69, 9.17) is 11.6 Å². The summed E-state index contributed by atoms with van der Waals surface area (Å²) in [7, 11) is 0. The topological polar surface area (TPSA) is 33.2 Å². The molecule has 2 rings (SSSR count). The predicted octanol–water partition coefficient (Wildman–Crippen LogP) is 2.73. The number of aromatic nitrogens is 1. The summed E-state index contributed by atoms with van der Waals surface area (Å²) in [4.78, 5) is 18.3. The Kier molecular flexibility index (Phi) is 3.82. The minimum absolute atomic E-state index is 0.0131. The zero-order valence-electron chi connectivity index (χ0n) is 8.70. The fraction of sp³-hybridized carbons (Fsp3) is 0.455. The van der Waals surface area contributed by atoms with Gasteiger partial charge in [0.25, 0.3) is 5.91 Å². The normalized spacial score (nSPS) is 20.9. The zero-order chi connectivity index (χ0) is 11.5. The Bertz CT molecular complexity index is 382. The van der Waals surface area contributed by atoms with E-state index in [9.17, 15) is 4.79 Å². The van der Waals surface area contributed by atoms with Crippen LogP contribution < -0.4 is 0 Å². The Balaban J connectivity index is 2.09. The van der Waals surface area contributed by atoms with Crippen LogP contribution in [0.4, 0.5) is 0 Å². The number of likely N-dealkylation sites (tertiary alicyclic amines) is 1. The van der Waals surface area contributed by atoms with Crippen molar-refractivity contribution in [1.82, 2.24) is 9.88 Å². The highest BCUT2D eigenvalue weighted by atomic mass is 79.9. The van der Waals surface area contributed by atoms with Crippen LogP contribution in [0.25, 0.3) is 0 Å². The summed E-state index contributed by atoms with van der Waals surface area (Å²) < 4.78 is 0. The van der Waals surface area contributed by atoms with Gasteiger partial charge < -0.3 is 4.90 Å². The number of halogens is 2. The van der Waals surface area contributed by atoms with Gasteiger partial charge in [0, 0.05) is 24.1 Å². The zero-order valence-corrected chi connectivity index (χ0v) is 11.0. The van der Waals surface area contributed by atoms with Gasteiger partial charge in [-0.2, -0.15) is 0 Å². The molecule has 1 aliphatic heterocycles. The third-order valence-electron chi connectivity index (χ3n) is 2.60. The van der Waals surface area contributed by atoms with Crippen LogP contribution in [0.5, 0.6) is 0 Å². The van der Waals surface area contributed by atoms with E-state index in [2.05, 4.69) is 20.9 Å². The van der Waals surface area contributed by atoms with Crippen molar-refractivity contribution in [3.8, 4) is 0 Å². The van der Waals surface area contributed by atoms with Crippen molar-refractivity contribution in [2.24, 2.45) is 0 Å². The van der Waals surface area contributed by atoms with Crippen LogP contribution in [-0.2, 0) is 0 Å². The summed E-state index contributed by atoms with van der Waals surface area (Å²) >= 11 is 9.28. The number of carbonyl (C=O) groups excluding carboxylic acids is 1. The fourth-order valence-electron chi connectivity index (χ4n) is 1.77. The van der Waals surface area contributed by atoms with Crippen molar-refractivity contribution < 1.29 is 4.79 Å². The van der Waals surface area contributed by atoms with E-state index in [1.807, 2.05) is 4.90 Å². The average Bonchev–Trinajstić information content (AvgIpc) is 2.29. The highest BCUT2D eigenvalue weighted by molar-refractivity contribution is 9.09. The maximum absolute atomic E-state index is 12.1. The van der Waals surface area contributed by atoms with Crippen molar-refractivity contribution in [2.75, 3.05) is 13.1 Å². The van der Waals surface area contributed by atoms with Crippen molar-refractivity contribution in [1.29, 1.82) is 0 Å². The van der Waals surface area contributed by atoms with Gasteiger partial charge >= 0.3 is 0 Å². The molecule has 86 valence electrons. The Morgan fingerprint density at radius 1 is 1.56 bits per heavy atom. The molecule has 1 unspecified atom stereocenters. The Morgan fingerprint density at radius 2 is 2.38 bits per heavy atom. The number of amides is 1. The van der Waals surface area contributed by atoms with Gasteiger partial charge in [0.1, 0.15) is 5.69 Å². The molecule has 0 aromatic carbocycles. The Labute approximate surface area is 108 Å². The second-order valence-corrected chi connectivity index (χ2v) is 5.58. The fourth-order valence-corrected chi connectivity index (χ4v) is 2.56. The number of alkyl halides is 1. The van der Waals surface area contributed by atoms with Crippen LogP contribution in [0, 0.1) is 0 Å². The molecule has 1 fully saturated rings. The van der Waals surface area contributed by atoms with Gasteiger partial charge in [-0.1, -0.05) is 27.5 Å². The predicted molar refractivity (Wildman–Crippen MR) is 67.1 cm³/mol. The lowest BCUT2D eigenvalue weighted by Crippen LogP contribution is -2.40. The second kappa shape index (κ2) is 5.15. The highest BCUT2D eigenvalue weighted by Gasteiger charge is 2.23. The lowest BCUT2D eigenvalue weighted by atomic mass is 10.1. The molecule has 0 aliphatic carbocycles. The maximum Gasteiger partial charge on any atom is 0.272 e. The molecule has 1 aromatic rings. The third kappa shape index (κ3) is 2.74. The van der Waals surface area contributed by atoms with E-state index in [1.165, 1.54) is 6.20 Å². The Morgan fingerprint density at radius 3 is 3.00 bits per heavy atom. The number of pyridine rings is 1. The molecule has 1 saturated heterocycles. The quantitative estimate of drug-likeness (QED) is 0.747. The summed E-state index contributed by atoms with van der Waals surface area (Å²) in [6.45, 7) is 1.56. The van der Waals surface area contributed by atoms with Crippen LogP contribution in [0.1, 0.15) is 23.3 Å². The van der Waals surface area contributed by atoms with Crippen LogP contribution >= 0.6 is 27.5 Å². The maximum atomic E-state index is 12.1. The number of rotatable bonds is 1. The van der Waals surface area contributed by atoms with E-state index in [0.29, 0.717) is 15.5 Å². The minimum Gasteiger partial charge on any atom is -0.336 e. The summed E-state index contributed by atoms with van der Waals surface area (Å²) in [6, 6.07) is 3.36. The molecule has 0 N–H and O–H groups in total. The molecule has 0 spiro atoms. The highest BCUT2D eigenvalue weighted by Crippen LogP contribution is 2.18. The van der Waals surface area contributed by atoms with Gasteiger partial charge in [-0.3, -0.25) is 4.79 Å². The molecule has 0 radical (unpaired) electrons. The Hall–Kier alpha value is -0.610. The average molecular weight is 304 g/mol. The van der Waals surface area contributed by atoms with E-state index >= 15 is 0 Å². The van der Waals surface area contributed by atoms with Gasteiger partial charge in [-0.15, -0.1) is 0 Å². The monoisotopic (exact) mass is 302 g/mol. The number of hydrogen-bond acceptors (Lipinski definition) is 2. The molecule has 1 atom stereocenters. The third-order valence-corrected chi connectivity index (χ3v) is 3.57. The standard InChI is InChI=1S/C11H12BrClN2O/c12-8-2-1-5-15(7-8)11(16)10-4-3-9(13)6-14-10/h3-4,6,8H,1-2,5,7H2. The van der Waals surface area contributed by atoms with E-state index in [0.717, 1.165) is 25.9 Å². The molecule has 0 saturated carbocycles. The summed E-state index contributed by atoms with van der Waals surface area (Å²) in [5.74, 6) is -0.0131. The molecule has 1 aromatic heterocycles. The van der Waals surface area contributed by atoms with Gasteiger partial charge in [0.2, 0.25) is 0 Å². The van der Waals surface area contributed by atoms with Crippen LogP contribution in [-0.4, -0.2) is 33.7 Å². The van der Waals surface area contributed by atoms with Gasteiger partial charge in [-0.25, -0.2) is 4.98 Å². The smallest absolute Gasteiger partial charge is 0.272 e. The molecule has 2 heterocycles. The first-order chi connectivity index (χ1) is 7.66. The summed E-state index contributed by atoms with van der Waals surface area (Å²) in [6.07, 6.45) is 3.66. The van der Waals surface area contributed by atoms with E-state index in [-0.39, 0.29) is 5.91 Å². The molecular weight excluding hydrogens is 291 g/mol. The molecule has 16 heavy (non-hydrogen) atoms. The van der Waals surface area contributed by atoms with Crippen LogP contribution in [0.3, 0.4) is 0 Å². The SMILES string of the molecule is O=C(c1ccc(Cl)cn1)N1CCCC(Br)C1. The van der Waals surface area contributed by atoms with Gasteiger partial charge in [-0.05, 0) is 25.0 Å². The molecular formula is C11H12BrClN2O. The molecule has 3 nitrogen and oxygen atoms in total. The summed E-state index contributed by atoms with van der Waals surface area (Å²) in [5, 5.41) is 0.550. The van der Waals surface area contributed by atoms with Crippen LogP contribution in [0.2, 0.25) is 5.02 Å². The largest absolute Gasteiger partial charge is 0.336 e. The first kappa shape index (κ1) is 11.9. The van der Waals surface area contributed by atoms with Gasteiger partial charge in [0.05, 0.1) is 5.02 Å². The number of carbonyl (C=O) groups is 1. The van der Waals surface area contributed by atoms with E-state index < -0.39 is 0 Å². The van der Waals surface area contributed by atoms with Crippen LogP contribution in [0.15, 0.2) is 18.3 Å². The van der Waals surface area contributed by atoms with Crippen molar-refractivity contribution in [2.45, 2.75) is 17.7 Å². The van der Waals surface area contributed by atoms with Crippen molar-refractivity contribution in [3.05, 3.63) is 29.0 Å². The van der Waals surface area contributed by atoms with Crippen molar-refractivity contribution in [3.63, 3.8) is 0 Å². The van der Waals surface area contributed by atoms with Crippen molar-refractivity contribution >= 4 is 33.4 Å². The second-order valence-electron chi connectivity index (χ2n) is 3.85. The van der Waals surface area contributed by atoms with E-state index in [1.54, 1.807) is 12.1 Å².